The lowest BCUT2D eigenvalue weighted by atomic mass is 10.1. The SMILES string of the molecule is NC(=O)C1CCN(c2nc(C(F)(F)F)c(Br)s2)C1. The van der Waals surface area contributed by atoms with E-state index in [2.05, 4.69) is 20.9 Å². The first kappa shape index (κ1) is 13.6. The van der Waals surface area contributed by atoms with Gasteiger partial charge in [-0.25, -0.2) is 4.98 Å². The van der Waals surface area contributed by atoms with Gasteiger partial charge in [-0.15, -0.1) is 0 Å². The van der Waals surface area contributed by atoms with Crippen LogP contribution in [0.15, 0.2) is 3.79 Å². The van der Waals surface area contributed by atoms with Gasteiger partial charge in [0.05, 0.1) is 5.92 Å². The summed E-state index contributed by atoms with van der Waals surface area (Å²) in [5, 5.41) is 0.262. The number of carbonyl (C=O) groups excluding carboxylic acids is 1. The standard InChI is InChI=1S/C9H9BrF3N3OS/c10-6-5(9(11,12)13)15-8(18-6)16-2-1-4(3-16)7(14)17/h4H,1-3H2,(H2,14,17). The molecule has 0 aromatic carbocycles. The lowest BCUT2D eigenvalue weighted by molar-refractivity contribution is -0.141. The van der Waals surface area contributed by atoms with Gasteiger partial charge < -0.3 is 10.6 Å². The van der Waals surface area contributed by atoms with E-state index in [-0.39, 0.29) is 14.8 Å². The van der Waals surface area contributed by atoms with E-state index in [9.17, 15) is 18.0 Å². The Morgan fingerprint density at radius 3 is 2.67 bits per heavy atom. The van der Waals surface area contributed by atoms with Crippen molar-refractivity contribution in [1.82, 2.24) is 4.98 Å². The Morgan fingerprint density at radius 1 is 1.56 bits per heavy atom. The third kappa shape index (κ3) is 2.61. The van der Waals surface area contributed by atoms with Crippen molar-refractivity contribution in [2.45, 2.75) is 12.6 Å². The molecule has 1 unspecified atom stereocenters. The summed E-state index contributed by atoms with van der Waals surface area (Å²) in [6, 6.07) is 0. The number of hydrogen-bond acceptors (Lipinski definition) is 4. The topological polar surface area (TPSA) is 59.2 Å². The summed E-state index contributed by atoms with van der Waals surface area (Å²) in [6.07, 6.45) is -3.93. The third-order valence-electron chi connectivity index (χ3n) is 2.70. The smallest absolute Gasteiger partial charge is 0.369 e. The molecule has 1 aliphatic heterocycles. The van der Waals surface area contributed by atoms with Crippen molar-refractivity contribution in [3.8, 4) is 0 Å². The second-order valence-corrected chi connectivity index (χ2v) is 6.25. The van der Waals surface area contributed by atoms with E-state index >= 15 is 0 Å². The predicted octanol–water partition coefficient (Wildman–Crippen LogP) is 2.24. The maximum atomic E-state index is 12.6. The van der Waals surface area contributed by atoms with Gasteiger partial charge in [-0.1, -0.05) is 11.3 Å². The Hall–Kier alpha value is -0.830. The Kier molecular flexibility index (Phi) is 3.54. The summed E-state index contributed by atoms with van der Waals surface area (Å²) in [5.74, 6) is -0.744. The first-order valence-corrected chi connectivity index (χ1v) is 6.67. The molecule has 1 aromatic heterocycles. The van der Waals surface area contributed by atoms with Crippen LogP contribution in [0.3, 0.4) is 0 Å². The van der Waals surface area contributed by atoms with Gasteiger partial charge in [0.25, 0.3) is 0 Å². The molecule has 1 fully saturated rings. The number of aromatic nitrogens is 1. The monoisotopic (exact) mass is 343 g/mol. The summed E-state index contributed by atoms with van der Waals surface area (Å²) in [5.41, 5.74) is 4.24. The fourth-order valence-corrected chi connectivity index (χ4v) is 3.37. The lowest BCUT2D eigenvalue weighted by Crippen LogP contribution is -2.27. The Balaban J connectivity index is 2.19. The van der Waals surface area contributed by atoms with Crippen LogP contribution in [0.4, 0.5) is 18.3 Å². The fraction of sp³-hybridized carbons (Fsp3) is 0.556. The summed E-state index contributed by atoms with van der Waals surface area (Å²) < 4.78 is 37.7. The van der Waals surface area contributed by atoms with Gasteiger partial charge >= 0.3 is 6.18 Å². The third-order valence-corrected chi connectivity index (χ3v) is 4.47. The normalized spacial score (nSPS) is 20.4. The zero-order valence-electron chi connectivity index (χ0n) is 9.00. The highest BCUT2D eigenvalue weighted by Crippen LogP contribution is 2.41. The molecular formula is C9H9BrF3N3OS. The zero-order chi connectivity index (χ0) is 13.5. The number of anilines is 1. The molecule has 0 radical (unpaired) electrons. The van der Waals surface area contributed by atoms with Crippen LogP contribution in [-0.4, -0.2) is 24.0 Å². The first-order valence-electron chi connectivity index (χ1n) is 5.07. The van der Waals surface area contributed by atoms with Crippen molar-refractivity contribution in [2.24, 2.45) is 11.7 Å². The van der Waals surface area contributed by atoms with Crippen molar-refractivity contribution in [3.05, 3.63) is 9.48 Å². The molecule has 18 heavy (non-hydrogen) atoms. The van der Waals surface area contributed by atoms with Crippen LogP contribution in [0.5, 0.6) is 0 Å². The molecule has 1 saturated heterocycles. The van der Waals surface area contributed by atoms with Crippen molar-refractivity contribution in [3.63, 3.8) is 0 Å². The van der Waals surface area contributed by atoms with Crippen LogP contribution in [0.25, 0.3) is 0 Å². The second kappa shape index (κ2) is 4.69. The number of halogens is 4. The van der Waals surface area contributed by atoms with Crippen LogP contribution >= 0.6 is 27.3 Å². The van der Waals surface area contributed by atoms with Crippen molar-refractivity contribution in [1.29, 1.82) is 0 Å². The average molecular weight is 344 g/mol. The summed E-state index contributed by atoms with van der Waals surface area (Å²) in [4.78, 5) is 16.2. The molecule has 9 heteroatoms. The summed E-state index contributed by atoms with van der Waals surface area (Å²) in [6.45, 7) is 0.817. The molecule has 100 valence electrons. The maximum Gasteiger partial charge on any atom is 0.435 e. The number of thiazole rings is 1. The Labute approximate surface area is 113 Å². The van der Waals surface area contributed by atoms with E-state index < -0.39 is 17.8 Å². The van der Waals surface area contributed by atoms with E-state index in [1.165, 1.54) is 0 Å². The van der Waals surface area contributed by atoms with E-state index in [0.717, 1.165) is 11.3 Å². The molecule has 2 rings (SSSR count). The number of nitrogens with two attached hydrogens (primary N) is 1. The molecule has 2 N–H and O–H groups in total. The van der Waals surface area contributed by atoms with E-state index in [0.29, 0.717) is 19.5 Å². The number of alkyl halides is 3. The van der Waals surface area contributed by atoms with Crippen molar-refractivity contribution >= 4 is 38.3 Å². The quantitative estimate of drug-likeness (QED) is 0.895. The Morgan fingerprint density at radius 2 is 2.22 bits per heavy atom. The zero-order valence-corrected chi connectivity index (χ0v) is 11.4. The molecule has 1 aliphatic rings. The minimum atomic E-state index is -4.48. The van der Waals surface area contributed by atoms with Gasteiger partial charge in [-0.05, 0) is 22.4 Å². The second-order valence-electron chi connectivity index (χ2n) is 3.95. The number of primary amides is 1. The van der Waals surface area contributed by atoms with E-state index in [1.807, 2.05) is 0 Å². The minimum Gasteiger partial charge on any atom is -0.369 e. The van der Waals surface area contributed by atoms with Crippen LogP contribution in [0.2, 0.25) is 0 Å². The number of hydrogen-bond donors (Lipinski definition) is 1. The molecule has 1 atom stereocenters. The molecule has 1 aromatic rings. The highest BCUT2D eigenvalue weighted by molar-refractivity contribution is 9.11. The van der Waals surface area contributed by atoms with Gasteiger partial charge in [0.2, 0.25) is 5.91 Å². The predicted molar refractivity (Wildman–Crippen MR) is 64.3 cm³/mol. The lowest BCUT2D eigenvalue weighted by Gasteiger charge is -2.13. The molecule has 0 aliphatic carbocycles. The summed E-state index contributed by atoms with van der Waals surface area (Å²) in [7, 11) is 0. The molecular weight excluding hydrogens is 335 g/mol. The van der Waals surface area contributed by atoms with Gasteiger partial charge in [0.15, 0.2) is 10.8 Å². The molecule has 2 heterocycles. The highest BCUT2D eigenvalue weighted by atomic mass is 79.9. The van der Waals surface area contributed by atoms with Crippen molar-refractivity contribution < 1.29 is 18.0 Å². The molecule has 0 saturated carbocycles. The Bertz CT molecular complexity index is 476. The average Bonchev–Trinajstić information content (AvgIpc) is 2.81. The minimum absolute atomic E-state index is 0.0486. The largest absolute Gasteiger partial charge is 0.435 e. The maximum absolute atomic E-state index is 12.6. The first-order chi connectivity index (χ1) is 8.29. The number of rotatable bonds is 2. The molecule has 0 spiro atoms. The van der Waals surface area contributed by atoms with Crippen LogP contribution in [0, 0.1) is 5.92 Å². The van der Waals surface area contributed by atoms with Gasteiger partial charge in [-0.3, -0.25) is 4.79 Å². The fourth-order valence-electron chi connectivity index (χ4n) is 1.77. The molecule has 1 amide bonds. The number of nitrogens with zero attached hydrogens (tertiary/aromatic N) is 2. The van der Waals surface area contributed by atoms with Crippen LogP contribution in [-0.2, 0) is 11.0 Å². The van der Waals surface area contributed by atoms with E-state index in [4.69, 9.17) is 5.73 Å². The van der Waals surface area contributed by atoms with E-state index in [1.54, 1.807) is 4.90 Å². The summed E-state index contributed by atoms with van der Waals surface area (Å²) >= 11 is 3.77. The number of amides is 1. The molecule has 0 bridgehead atoms. The number of carbonyl (C=O) groups is 1. The molecule has 4 nitrogen and oxygen atoms in total. The van der Waals surface area contributed by atoms with Crippen LogP contribution < -0.4 is 10.6 Å². The van der Waals surface area contributed by atoms with Gasteiger partial charge in [-0.2, -0.15) is 13.2 Å². The highest BCUT2D eigenvalue weighted by Gasteiger charge is 2.38. The van der Waals surface area contributed by atoms with Gasteiger partial charge in [0.1, 0.15) is 3.79 Å². The van der Waals surface area contributed by atoms with Gasteiger partial charge in [0, 0.05) is 13.1 Å². The van der Waals surface area contributed by atoms with Crippen molar-refractivity contribution in [2.75, 3.05) is 18.0 Å². The van der Waals surface area contributed by atoms with Crippen LogP contribution in [0.1, 0.15) is 12.1 Å².